The molecule has 0 aliphatic rings. The topological polar surface area (TPSA) is 85.3 Å². The van der Waals surface area contributed by atoms with Crippen LogP contribution in [0.5, 0.6) is 5.75 Å². The summed E-state index contributed by atoms with van der Waals surface area (Å²) in [5.41, 5.74) is 2.47. The van der Waals surface area contributed by atoms with Crippen LogP contribution in [0.15, 0.2) is 60.8 Å². The Hall–Kier alpha value is -3.61. The molecule has 2 N–H and O–H groups in total. The molecule has 0 saturated heterocycles. The van der Waals surface area contributed by atoms with Crippen LogP contribution < -0.4 is 15.4 Å². The lowest BCUT2D eigenvalue weighted by Gasteiger charge is -2.07. The first-order chi connectivity index (χ1) is 14.1. The van der Waals surface area contributed by atoms with Gasteiger partial charge in [-0.2, -0.15) is 5.10 Å². The monoisotopic (exact) mass is 392 g/mol. The van der Waals surface area contributed by atoms with Crippen molar-refractivity contribution < 1.29 is 14.3 Å². The second-order valence-electron chi connectivity index (χ2n) is 6.44. The Bertz CT molecular complexity index is 983. The minimum Gasteiger partial charge on any atom is -0.497 e. The van der Waals surface area contributed by atoms with Crippen LogP contribution in [0.1, 0.15) is 23.7 Å². The Morgan fingerprint density at radius 3 is 2.59 bits per heavy atom. The molecule has 1 heterocycles. The van der Waals surface area contributed by atoms with Crippen LogP contribution in [0.3, 0.4) is 0 Å². The highest BCUT2D eigenvalue weighted by Crippen LogP contribution is 2.27. The number of methoxy groups -OCH3 is 1. The second kappa shape index (κ2) is 9.54. The molecule has 0 aliphatic carbocycles. The van der Waals surface area contributed by atoms with Crippen LogP contribution in [0, 0.1) is 0 Å². The minimum atomic E-state index is -0.364. The third-order valence-electron chi connectivity index (χ3n) is 4.30. The van der Waals surface area contributed by atoms with Crippen LogP contribution in [-0.2, 0) is 4.79 Å². The van der Waals surface area contributed by atoms with Crippen molar-refractivity contribution in [3.8, 4) is 22.7 Å². The number of hydrogen-bond donors (Lipinski definition) is 2. The summed E-state index contributed by atoms with van der Waals surface area (Å²) in [7, 11) is 1.59. The van der Waals surface area contributed by atoms with E-state index in [1.807, 2.05) is 61.5 Å². The number of aromatic nitrogens is 2. The van der Waals surface area contributed by atoms with Gasteiger partial charge in [-0.05, 0) is 30.7 Å². The van der Waals surface area contributed by atoms with Crippen molar-refractivity contribution in [2.45, 2.75) is 13.3 Å². The van der Waals surface area contributed by atoms with Gasteiger partial charge in [-0.15, -0.1) is 0 Å². The van der Waals surface area contributed by atoms with E-state index in [2.05, 4.69) is 15.7 Å². The van der Waals surface area contributed by atoms with Crippen molar-refractivity contribution in [2.24, 2.45) is 0 Å². The SMILES string of the molecule is CCCNC(=O)CNC(=O)c1cn(-c2ccccc2)nc1-c1cccc(OC)c1. The quantitative estimate of drug-likeness (QED) is 0.617. The van der Waals surface area contributed by atoms with Crippen LogP contribution >= 0.6 is 0 Å². The zero-order valence-corrected chi connectivity index (χ0v) is 16.5. The van der Waals surface area contributed by atoms with Gasteiger partial charge in [0.05, 0.1) is 24.9 Å². The van der Waals surface area contributed by atoms with Crippen LogP contribution in [0.4, 0.5) is 0 Å². The van der Waals surface area contributed by atoms with Gasteiger partial charge >= 0.3 is 0 Å². The van der Waals surface area contributed by atoms with E-state index >= 15 is 0 Å². The number of nitrogens with zero attached hydrogens (tertiary/aromatic N) is 2. The smallest absolute Gasteiger partial charge is 0.255 e. The van der Waals surface area contributed by atoms with Crippen molar-refractivity contribution >= 4 is 11.8 Å². The highest BCUT2D eigenvalue weighted by molar-refractivity contribution is 6.01. The number of ether oxygens (including phenoxy) is 1. The van der Waals surface area contributed by atoms with Gasteiger partial charge in [-0.25, -0.2) is 4.68 Å². The highest BCUT2D eigenvalue weighted by atomic mass is 16.5. The van der Waals surface area contributed by atoms with Gasteiger partial charge in [0.2, 0.25) is 5.91 Å². The van der Waals surface area contributed by atoms with Gasteiger partial charge in [0.1, 0.15) is 11.4 Å². The number of benzene rings is 2. The van der Waals surface area contributed by atoms with Gasteiger partial charge in [0, 0.05) is 18.3 Å². The fourth-order valence-electron chi connectivity index (χ4n) is 2.82. The number of carbonyl (C=O) groups excluding carboxylic acids is 2. The van der Waals surface area contributed by atoms with Crippen LogP contribution in [0.25, 0.3) is 16.9 Å². The van der Waals surface area contributed by atoms with Crippen molar-refractivity contribution in [1.29, 1.82) is 0 Å². The molecule has 0 radical (unpaired) electrons. The van der Waals surface area contributed by atoms with E-state index in [-0.39, 0.29) is 18.4 Å². The summed E-state index contributed by atoms with van der Waals surface area (Å²) in [5.74, 6) is 0.0808. The molecule has 7 heteroatoms. The molecule has 3 rings (SSSR count). The molecule has 1 aromatic heterocycles. The first-order valence-electron chi connectivity index (χ1n) is 9.46. The Morgan fingerprint density at radius 2 is 1.86 bits per heavy atom. The molecule has 2 amide bonds. The highest BCUT2D eigenvalue weighted by Gasteiger charge is 2.19. The normalized spacial score (nSPS) is 10.4. The van der Waals surface area contributed by atoms with Gasteiger partial charge in [0.25, 0.3) is 5.91 Å². The molecule has 0 saturated carbocycles. The number of amides is 2. The van der Waals surface area contributed by atoms with E-state index in [1.54, 1.807) is 18.0 Å². The first kappa shape index (κ1) is 20.1. The largest absolute Gasteiger partial charge is 0.497 e. The van der Waals surface area contributed by atoms with Gasteiger partial charge in [0.15, 0.2) is 0 Å². The maximum atomic E-state index is 12.8. The van der Waals surface area contributed by atoms with Gasteiger partial charge in [-0.1, -0.05) is 37.3 Å². The number of hydrogen-bond acceptors (Lipinski definition) is 4. The van der Waals surface area contributed by atoms with E-state index in [4.69, 9.17) is 4.74 Å². The Kier molecular flexibility index (Phi) is 6.63. The molecule has 150 valence electrons. The van der Waals surface area contributed by atoms with E-state index in [0.29, 0.717) is 23.6 Å². The molecular formula is C22H24N4O3. The van der Waals surface area contributed by atoms with Crippen LogP contribution in [-0.4, -0.2) is 41.8 Å². The molecule has 3 aromatic rings. The summed E-state index contributed by atoms with van der Waals surface area (Å²) in [6.07, 6.45) is 2.51. The van der Waals surface area contributed by atoms with Crippen molar-refractivity contribution in [3.05, 3.63) is 66.4 Å². The average Bonchev–Trinajstić information content (AvgIpc) is 3.22. The summed E-state index contributed by atoms with van der Waals surface area (Å²) < 4.78 is 6.95. The number of para-hydroxylation sites is 1. The lowest BCUT2D eigenvalue weighted by atomic mass is 10.1. The number of nitrogens with one attached hydrogen (secondary N) is 2. The minimum absolute atomic E-state index is 0.0904. The van der Waals surface area contributed by atoms with Crippen molar-refractivity contribution in [3.63, 3.8) is 0 Å². The maximum Gasteiger partial charge on any atom is 0.255 e. The fraction of sp³-hybridized carbons (Fsp3) is 0.227. The molecule has 0 unspecified atom stereocenters. The predicted molar refractivity (Wildman–Crippen MR) is 111 cm³/mol. The zero-order valence-electron chi connectivity index (χ0n) is 16.5. The van der Waals surface area contributed by atoms with E-state index in [0.717, 1.165) is 17.7 Å². The molecule has 0 spiro atoms. The molecular weight excluding hydrogens is 368 g/mol. The Morgan fingerprint density at radius 1 is 1.07 bits per heavy atom. The van der Waals surface area contributed by atoms with E-state index in [1.165, 1.54) is 0 Å². The summed E-state index contributed by atoms with van der Waals surface area (Å²) >= 11 is 0. The maximum absolute atomic E-state index is 12.8. The zero-order chi connectivity index (χ0) is 20.6. The molecule has 0 aliphatic heterocycles. The fourth-order valence-corrected chi connectivity index (χ4v) is 2.82. The molecule has 7 nitrogen and oxygen atoms in total. The third-order valence-corrected chi connectivity index (χ3v) is 4.30. The molecule has 0 fully saturated rings. The summed E-state index contributed by atoms with van der Waals surface area (Å²) in [4.78, 5) is 24.7. The van der Waals surface area contributed by atoms with E-state index < -0.39 is 0 Å². The van der Waals surface area contributed by atoms with E-state index in [9.17, 15) is 9.59 Å². The van der Waals surface area contributed by atoms with Gasteiger partial charge < -0.3 is 15.4 Å². The van der Waals surface area contributed by atoms with Gasteiger partial charge in [-0.3, -0.25) is 9.59 Å². The van der Waals surface area contributed by atoms with Crippen molar-refractivity contribution in [1.82, 2.24) is 20.4 Å². The average molecular weight is 392 g/mol. The van der Waals surface area contributed by atoms with Crippen LogP contribution in [0.2, 0.25) is 0 Å². The summed E-state index contributed by atoms with van der Waals surface area (Å²) in [6.45, 7) is 2.46. The molecule has 29 heavy (non-hydrogen) atoms. The summed E-state index contributed by atoms with van der Waals surface area (Å²) in [6, 6.07) is 16.9. The summed E-state index contributed by atoms with van der Waals surface area (Å²) in [5, 5.41) is 10.0. The first-order valence-corrected chi connectivity index (χ1v) is 9.46. The molecule has 0 bridgehead atoms. The molecule has 0 atom stereocenters. The number of rotatable bonds is 8. The number of carbonyl (C=O) groups is 2. The third kappa shape index (κ3) is 5.01. The lowest BCUT2D eigenvalue weighted by Crippen LogP contribution is -2.37. The standard InChI is InChI=1S/C22H24N4O3/c1-3-12-23-20(27)14-24-22(28)19-15-26(17-9-5-4-6-10-17)25-21(19)16-8-7-11-18(13-16)29-2/h4-11,13,15H,3,12,14H2,1-2H3,(H,23,27)(H,24,28). The predicted octanol–water partition coefficient (Wildman–Crippen LogP) is 2.80. The van der Waals surface area contributed by atoms with Crippen molar-refractivity contribution in [2.75, 3.05) is 20.2 Å². The molecule has 2 aromatic carbocycles. The Labute approximate surface area is 169 Å². The lowest BCUT2D eigenvalue weighted by molar-refractivity contribution is -0.120. The Balaban J connectivity index is 1.92. The second-order valence-corrected chi connectivity index (χ2v) is 6.44.